The molecule has 0 radical (unpaired) electrons. The molecule has 3 heteroatoms. The van der Waals surface area contributed by atoms with E-state index in [-0.39, 0.29) is 0 Å². The van der Waals surface area contributed by atoms with Crippen LogP contribution >= 0.6 is 0 Å². The highest BCUT2D eigenvalue weighted by atomic mass is 16.5. The van der Waals surface area contributed by atoms with E-state index in [2.05, 4.69) is 19.0 Å². The lowest BCUT2D eigenvalue weighted by atomic mass is 9.96. The van der Waals surface area contributed by atoms with Crippen molar-refractivity contribution < 1.29 is 9.94 Å². The normalized spacial score (nSPS) is 22.8. The highest BCUT2D eigenvalue weighted by molar-refractivity contribution is 5.84. The predicted octanol–water partition coefficient (Wildman–Crippen LogP) is 2.82. The Morgan fingerprint density at radius 1 is 1.43 bits per heavy atom. The van der Waals surface area contributed by atoms with Crippen molar-refractivity contribution in [1.29, 1.82) is 0 Å². The van der Waals surface area contributed by atoms with Gasteiger partial charge in [-0.2, -0.15) is 0 Å². The zero-order valence-electron chi connectivity index (χ0n) is 9.20. The Morgan fingerprint density at radius 3 is 2.57 bits per heavy atom. The fraction of sp³-hybridized carbons (Fsp3) is 0.909. The quantitative estimate of drug-likeness (QED) is 0.558. The van der Waals surface area contributed by atoms with Gasteiger partial charge in [-0.25, -0.2) is 0 Å². The van der Waals surface area contributed by atoms with E-state index in [1.165, 1.54) is 0 Å². The van der Waals surface area contributed by atoms with E-state index in [0.29, 0.717) is 12.0 Å². The Hall–Kier alpha value is -0.570. The summed E-state index contributed by atoms with van der Waals surface area (Å²) in [6.45, 7) is 5.29. The minimum Gasteiger partial charge on any atom is -0.411 e. The zero-order chi connectivity index (χ0) is 10.4. The fourth-order valence-electron chi connectivity index (χ4n) is 1.66. The largest absolute Gasteiger partial charge is 0.411 e. The third-order valence-corrected chi connectivity index (χ3v) is 2.70. The summed E-state index contributed by atoms with van der Waals surface area (Å²) in [5.41, 5.74) is 0.925. The summed E-state index contributed by atoms with van der Waals surface area (Å²) in [4.78, 5) is 0. The molecule has 14 heavy (non-hydrogen) atoms. The Balaban J connectivity index is 2.10. The van der Waals surface area contributed by atoms with Gasteiger partial charge in [-0.15, -0.1) is 0 Å². The number of oxime groups is 1. The number of rotatable bonds is 4. The van der Waals surface area contributed by atoms with E-state index in [9.17, 15) is 0 Å². The van der Waals surface area contributed by atoms with Crippen LogP contribution in [0.1, 0.15) is 46.0 Å². The molecule has 3 nitrogen and oxygen atoms in total. The summed E-state index contributed by atoms with van der Waals surface area (Å²) in [5, 5.41) is 11.8. The molecule has 0 spiro atoms. The van der Waals surface area contributed by atoms with Gasteiger partial charge in [0.2, 0.25) is 0 Å². The first-order valence-corrected chi connectivity index (χ1v) is 5.53. The molecule has 1 saturated carbocycles. The van der Waals surface area contributed by atoms with Gasteiger partial charge in [-0.05, 0) is 38.0 Å². The van der Waals surface area contributed by atoms with Crippen LogP contribution in [0.4, 0.5) is 0 Å². The maximum atomic E-state index is 8.57. The van der Waals surface area contributed by atoms with E-state index in [1.807, 2.05) is 0 Å². The number of nitrogens with zero attached hydrogens (tertiary/aromatic N) is 1. The minimum atomic E-state index is 0.388. The first-order valence-electron chi connectivity index (χ1n) is 5.53. The lowest BCUT2D eigenvalue weighted by Crippen LogP contribution is -2.22. The van der Waals surface area contributed by atoms with E-state index in [4.69, 9.17) is 9.94 Å². The standard InChI is InChI=1S/C11H21NO2/c1-9(2)7-8-14-11-5-3-10(12-13)4-6-11/h9,11,13H,3-8H2,1-2H3. The SMILES string of the molecule is CC(C)CCOC1CCC(=NO)CC1. The summed E-state index contributed by atoms with van der Waals surface area (Å²) in [5.74, 6) is 0.716. The van der Waals surface area contributed by atoms with Gasteiger partial charge in [0.15, 0.2) is 0 Å². The van der Waals surface area contributed by atoms with Crippen molar-refractivity contribution >= 4 is 5.71 Å². The van der Waals surface area contributed by atoms with Crippen LogP contribution in [0.5, 0.6) is 0 Å². The molecule has 1 aliphatic carbocycles. The number of ether oxygens (including phenoxy) is 1. The molecule has 0 amide bonds. The Labute approximate surface area is 86.1 Å². The van der Waals surface area contributed by atoms with E-state index >= 15 is 0 Å². The summed E-state index contributed by atoms with van der Waals surface area (Å²) in [6, 6.07) is 0. The molecule has 1 aliphatic rings. The van der Waals surface area contributed by atoms with Crippen LogP contribution < -0.4 is 0 Å². The smallest absolute Gasteiger partial charge is 0.0582 e. The van der Waals surface area contributed by atoms with Gasteiger partial charge < -0.3 is 9.94 Å². The molecule has 1 rings (SSSR count). The highest BCUT2D eigenvalue weighted by Crippen LogP contribution is 2.19. The van der Waals surface area contributed by atoms with Crippen molar-refractivity contribution in [1.82, 2.24) is 0 Å². The van der Waals surface area contributed by atoms with Crippen LogP contribution in [0.2, 0.25) is 0 Å². The van der Waals surface area contributed by atoms with Crippen molar-refractivity contribution in [3.63, 3.8) is 0 Å². The third kappa shape index (κ3) is 4.09. The maximum absolute atomic E-state index is 8.57. The molecule has 82 valence electrons. The van der Waals surface area contributed by atoms with Crippen LogP contribution in [0.15, 0.2) is 5.16 Å². The van der Waals surface area contributed by atoms with Crippen LogP contribution in [-0.4, -0.2) is 23.6 Å². The van der Waals surface area contributed by atoms with Crippen LogP contribution in [0.25, 0.3) is 0 Å². The maximum Gasteiger partial charge on any atom is 0.0582 e. The average Bonchev–Trinajstić information content (AvgIpc) is 2.18. The molecular weight excluding hydrogens is 178 g/mol. The van der Waals surface area contributed by atoms with E-state index in [0.717, 1.165) is 44.4 Å². The average molecular weight is 199 g/mol. The lowest BCUT2D eigenvalue weighted by molar-refractivity contribution is 0.0338. The Morgan fingerprint density at radius 2 is 2.07 bits per heavy atom. The number of hydrogen-bond donors (Lipinski definition) is 1. The second-order valence-electron chi connectivity index (χ2n) is 4.42. The van der Waals surface area contributed by atoms with Gasteiger partial charge >= 0.3 is 0 Å². The molecule has 0 aromatic heterocycles. The molecule has 0 saturated heterocycles. The molecular formula is C11H21NO2. The monoisotopic (exact) mass is 199 g/mol. The predicted molar refractivity (Wildman–Crippen MR) is 56.9 cm³/mol. The van der Waals surface area contributed by atoms with Crippen molar-refractivity contribution in [3.05, 3.63) is 0 Å². The lowest BCUT2D eigenvalue weighted by Gasteiger charge is -2.23. The minimum absolute atomic E-state index is 0.388. The molecule has 0 aromatic carbocycles. The van der Waals surface area contributed by atoms with Crippen LogP contribution in [-0.2, 0) is 4.74 Å². The summed E-state index contributed by atoms with van der Waals surface area (Å²) in [6.07, 6.45) is 5.33. The first kappa shape index (κ1) is 11.5. The summed E-state index contributed by atoms with van der Waals surface area (Å²) in [7, 11) is 0. The van der Waals surface area contributed by atoms with Gasteiger partial charge in [0, 0.05) is 6.61 Å². The molecule has 1 fully saturated rings. The molecule has 0 atom stereocenters. The molecule has 0 heterocycles. The molecule has 1 N–H and O–H groups in total. The molecule has 0 aliphatic heterocycles. The van der Waals surface area contributed by atoms with E-state index < -0.39 is 0 Å². The van der Waals surface area contributed by atoms with Gasteiger partial charge in [0.25, 0.3) is 0 Å². The molecule has 0 bridgehead atoms. The second-order valence-corrected chi connectivity index (χ2v) is 4.42. The highest BCUT2D eigenvalue weighted by Gasteiger charge is 2.18. The van der Waals surface area contributed by atoms with Gasteiger partial charge in [-0.3, -0.25) is 0 Å². The van der Waals surface area contributed by atoms with Crippen molar-refractivity contribution in [3.8, 4) is 0 Å². The Kier molecular flexibility index (Phi) is 4.94. The van der Waals surface area contributed by atoms with Gasteiger partial charge in [0.05, 0.1) is 11.8 Å². The molecule has 0 unspecified atom stereocenters. The van der Waals surface area contributed by atoms with Gasteiger partial charge in [0.1, 0.15) is 0 Å². The Bertz CT molecular complexity index is 180. The van der Waals surface area contributed by atoms with Crippen molar-refractivity contribution in [2.45, 2.75) is 52.1 Å². The second kappa shape index (κ2) is 6.02. The van der Waals surface area contributed by atoms with Crippen LogP contribution in [0, 0.1) is 5.92 Å². The third-order valence-electron chi connectivity index (χ3n) is 2.70. The van der Waals surface area contributed by atoms with Crippen molar-refractivity contribution in [2.24, 2.45) is 11.1 Å². The first-order chi connectivity index (χ1) is 6.72. The van der Waals surface area contributed by atoms with E-state index in [1.54, 1.807) is 0 Å². The topological polar surface area (TPSA) is 41.8 Å². The number of hydrogen-bond acceptors (Lipinski definition) is 3. The van der Waals surface area contributed by atoms with Gasteiger partial charge in [-0.1, -0.05) is 19.0 Å². The summed E-state index contributed by atoms with van der Waals surface area (Å²) >= 11 is 0. The van der Waals surface area contributed by atoms with Crippen LogP contribution in [0.3, 0.4) is 0 Å². The van der Waals surface area contributed by atoms with Crippen molar-refractivity contribution in [2.75, 3.05) is 6.61 Å². The fourth-order valence-corrected chi connectivity index (χ4v) is 1.66. The molecule has 0 aromatic rings. The zero-order valence-corrected chi connectivity index (χ0v) is 9.20. The summed E-state index contributed by atoms with van der Waals surface area (Å²) < 4.78 is 5.75.